The van der Waals surface area contributed by atoms with Gasteiger partial charge < -0.3 is 10.2 Å². The molecule has 4 heteroatoms. The van der Waals surface area contributed by atoms with Crippen LogP contribution >= 0.6 is 17.0 Å². The average Bonchev–Trinajstić information content (AvgIpc) is 2.04. The predicted molar refractivity (Wildman–Crippen MR) is 59.2 cm³/mol. The quantitative estimate of drug-likeness (QED) is 0.795. The van der Waals surface area contributed by atoms with Gasteiger partial charge in [-0.25, -0.2) is 0 Å². The first kappa shape index (κ1) is 12.9. The first-order valence-electron chi connectivity index (χ1n) is 4.63. The van der Waals surface area contributed by atoms with Crippen LogP contribution < -0.4 is 5.32 Å². The number of halogens is 1. The third kappa shape index (κ3) is 3.27. The van der Waals surface area contributed by atoms with Crippen molar-refractivity contribution >= 4 is 22.9 Å². The van der Waals surface area contributed by atoms with Gasteiger partial charge in [-0.05, 0) is 12.8 Å². The van der Waals surface area contributed by atoms with E-state index in [1.54, 1.807) is 0 Å². The van der Waals surface area contributed by atoms with Crippen LogP contribution in [0.15, 0.2) is 0 Å². The minimum atomic E-state index is 0. The van der Waals surface area contributed by atoms with Crippen LogP contribution in [-0.2, 0) is 4.79 Å². The molecule has 1 unspecified atom stereocenters. The molecule has 78 valence electrons. The molecular weight excluding hydrogens is 232 g/mol. The summed E-state index contributed by atoms with van der Waals surface area (Å²) < 4.78 is 0. The third-order valence-corrected chi connectivity index (χ3v) is 2.58. The number of nitrogens with one attached hydrogen (secondary N) is 1. The SMILES string of the molecule is Br.CC(C)C(C)N1CCNCC1=O. The Morgan fingerprint density at radius 2 is 2.00 bits per heavy atom. The van der Waals surface area contributed by atoms with Gasteiger partial charge in [0.25, 0.3) is 0 Å². The van der Waals surface area contributed by atoms with Gasteiger partial charge in [0.15, 0.2) is 0 Å². The Morgan fingerprint density at radius 1 is 1.38 bits per heavy atom. The largest absolute Gasteiger partial charge is 0.337 e. The molecule has 1 rings (SSSR count). The molecule has 13 heavy (non-hydrogen) atoms. The molecule has 1 aliphatic rings. The Kier molecular flexibility index (Phi) is 5.56. The van der Waals surface area contributed by atoms with Gasteiger partial charge in [-0.3, -0.25) is 4.79 Å². The van der Waals surface area contributed by atoms with Crippen molar-refractivity contribution in [3.63, 3.8) is 0 Å². The molecule has 1 heterocycles. The molecule has 0 radical (unpaired) electrons. The predicted octanol–water partition coefficient (Wildman–Crippen LogP) is 1.04. The van der Waals surface area contributed by atoms with E-state index >= 15 is 0 Å². The number of amides is 1. The standard InChI is InChI=1S/C9H18N2O.BrH/c1-7(2)8(3)11-5-4-10-6-9(11)12;/h7-8,10H,4-6H2,1-3H3;1H. The maximum absolute atomic E-state index is 11.4. The molecule has 0 aromatic heterocycles. The molecule has 1 amide bonds. The zero-order valence-corrected chi connectivity index (χ0v) is 10.3. The molecular formula is C9H19BrN2O. The van der Waals surface area contributed by atoms with E-state index in [1.165, 1.54) is 0 Å². The van der Waals surface area contributed by atoms with Crippen LogP contribution in [0.3, 0.4) is 0 Å². The van der Waals surface area contributed by atoms with E-state index in [-0.39, 0.29) is 22.9 Å². The van der Waals surface area contributed by atoms with Crippen molar-refractivity contribution in [1.82, 2.24) is 10.2 Å². The summed E-state index contributed by atoms with van der Waals surface area (Å²) in [7, 11) is 0. The molecule has 3 nitrogen and oxygen atoms in total. The Bertz CT molecular complexity index is 173. The van der Waals surface area contributed by atoms with E-state index in [0.717, 1.165) is 13.1 Å². The zero-order chi connectivity index (χ0) is 9.14. The minimum absolute atomic E-state index is 0. The molecule has 1 fully saturated rings. The number of carbonyl (C=O) groups excluding carboxylic acids is 1. The molecule has 0 aromatic carbocycles. The first-order valence-corrected chi connectivity index (χ1v) is 4.63. The summed E-state index contributed by atoms with van der Waals surface area (Å²) in [6, 6.07) is 0.375. The van der Waals surface area contributed by atoms with Gasteiger partial charge >= 0.3 is 0 Å². The number of piperazine rings is 1. The minimum Gasteiger partial charge on any atom is -0.337 e. The van der Waals surface area contributed by atoms with E-state index < -0.39 is 0 Å². The van der Waals surface area contributed by atoms with Gasteiger partial charge in [-0.1, -0.05) is 13.8 Å². The zero-order valence-electron chi connectivity index (χ0n) is 8.54. The summed E-state index contributed by atoms with van der Waals surface area (Å²) in [6.45, 7) is 8.73. The molecule has 0 aromatic rings. The second-order valence-electron chi connectivity index (χ2n) is 3.75. The number of nitrogens with zero attached hydrogens (tertiary/aromatic N) is 1. The number of rotatable bonds is 2. The van der Waals surface area contributed by atoms with Crippen LogP contribution in [0.2, 0.25) is 0 Å². The van der Waals surface area contributed by atoms with E-state index in [4.69, 9.17) is 0 Å². The van der Waals surface area contributed by atoms with Crippen LogP contribution in [0, 0.1) is 5.92 Å². The summed E-state index contributed by atoms with van der Waals surface area (Å²) in [6.07, 6.45) is 0. The smallest absolute Gasteiger partial charge is 0.236 e. The lowest BCUT2D eigenvalue weighted by Gasteiger charge is -2.35. The van der Waals surface area contributed by atoms with E-state index in [0.29, 0.717) is 18.5 Å². The van der Waals surface area contributed by atoms with Gasteiger partial charge in [-0.15, -0.1) is 17.0 Å². The van der Waals surface area contributed by atoms with Crippen LogP contribution in [0.25, 0.3) is 0 Å². The van der Waals surface area contributed by atoms with Crippen molar-refractivity contribution in [3.8, 4) is 0 Å². The maximum atomic E-state index is 11.4. The van der Waals surface area contributed by atoms with Gasteiger partial charge in [-0.2, -0.15) is 0 Å². The summed E-state index contributed by atoms with van der Waals surface area (Å²) in [5.41, 5.74) is 0. The highest BCUT2D eigenvalue weighted by atomic mass is 79.9. The van der Waals surface area contributed by atoms with Gasteiger partial charge in [0.1, 0.15) is 0 Å². The monoisotopic (exact) mass is 250 g/mol. The Morgan fingerprint density at radius 3 is 2.46 bits per heavy atom. The van der Waals surface area contributed by atoms with Crippen molar-refractivity contribution in [2.45, 2.75) is 26.8 Å². The Balaban J connectivity index is 0.00000144. The highest BCUT2D eigenvalue weighted by Crippen LogP contribution is 2.10. The van der Waals surface area contributed by atoms with E-state index in [2.05, 4.69) is 26.1 Å². The van der Waals surface area contributed by atoms with E-state index in [9.17, 15) is 4.79 Å². The van der Waals surface area contributed by atoms with Gasteiger partial charge in [0, 0.05) is 19.1 Å². The van der Waals surface area contributed by atoms with Crippen LogP contribution in [0.5, 0.6) is 0 Å². The molecule has 1 saturated heterocycles. The van der Waals surface area contributed by atoms with Gasteiger partial charge in [0.05, 0.1) is 6.54 Å². The normalized spacial score (nSPS) is 20.0. The summed E-state index contributed by atoms with van der Waals surface area (Å²) >= 11 is 0. The lowest BCUT2D eigenvalue weighted by atomic mass is 10.0. The molecule has 0 bridgehead atoms. The number of carbonyl (C=O) groups is 1. The molecule has 1 N–H and O–H groups in total. The fourth-order valence-electron chi connectivity index (χ4n) is 1.41. The van der Waals surface area contributed by atoms with E-state index in [1.807, 2.05) is 4.90 Å². The molecule has 1 aliphatic heterocycles. The van der Waals surface area contributed by atoms with Crippen molar-refractivity contribution < 1.29 is 4.79 Å². The average molecular weight is 251 g/mol. The van der Waals surface area contributed by atoms with Gasteiger partial charge in [0.2, 0.25) is 5.91 Å². The molecule has 0 aliphatic carbocycles. The Labute approximate surface area is 90.6 Å². The summed E-state index contributed by atoms with van der Waals surface area (Å²) in [5.74, 6) is 0.787. The first-order chi connectivity index (χ1) is 5.63. The fourth-order valence-corrected chi connectivity index (χ4v) is 1.41. The van der Waals surface area contributed by atoms with Crippen LogP contribution in [-0.4, -0.2) is 36.5 Å². The molecule has 0 spiro atoms. The third-order valence-electron chi connectivity index (χ3n) is 2.58. The van der Waals surface area contributed by atoms with Crippen LogP contribution in [0.4, 0.5) is 0 Å². The van der Waals surface area contributed by atoms with Crippen molar-refractivity contribution in [2.24, 2.45) is 5.92 Å². The van der Waals surface area contributed by atoms with Crippen molar-refractivity contribution in [1.29, 1.82) is 0 Å². The Hall–Kier alpha value is -0.0900. The topological polar surface area (TPSA) is 32.3 Å². The second-order valence-corrected chi connectivity index (χ2v) is 3.75. The number of hydrogen-bond donors (Lipinski definition) is 1. The molecule has 1 atom stereocenters. The highest BCUT2D eigenvalue weighted by Gasteiger charge is 2.24. The van der Waals surface area contributed by atoms with Crippen molar-refractivity contribution in [2.75, 3.05) is 19.6 Å². The summed E-state index contributed by atoms with van der Waals surface area (Å²) in [4.78, 5) is 13.4. The summed E-state index contributed by atoms with van der Waals surface area (Å²) in [5, 5.41) is 3.07. The molecule has 0 saturated carbocycles. The van der Waals surface area contributed by atoms with Crippen LogP contribution in [0.1, 0.15) is 20.8 Å². The highest BCUT2D eigenvalue weighted by molar-refractivity contribution is 8.93. The van der Waals surface area contributed by atoms with Crippen molar-refractivity contribution in [3.05, 3.63) is 0 Å². The maximum Gasteiger partial charge on any atom is 0.236 e. The lowest BCUT2D eigenvalue weighted by molar-refractivity contribution is -0.134. The number of hydrogen-bond acceptors (Lipinski definition) is 2. The lowest BCUT2D eigenvalue weighted by Crippen LogP contribution is -2.52. The second kappa shape index (κ2) is 5.60. The fraction of sp³-hybridized carbons (Fsp3) is 0.889.